The van der Waals surface area contributed by atoms with E-state index in [2.05, 4.69) is 0 Å². The van der Waals surface area contributed by atoms with Crippen molar-refractivity contribution in [3.8, 4) is 11.5 Å². The van der Waals surface area contributed by atoms with Gasteiger partial charge in [0.25, 0.3) is 5.56 Å². The summed E-state index contributed by atoms with van der Waals surface area (Å²) >= 11 is 0. The number of benzene rings is 2. The molecule has 0 N–H and O–H groups in total. The van der Waals surface area contributed by atoms with Crippen LogP contribution in [0.3, 0.4) is 0 Å². The highest BCUT2D eigenvalue weighted by Gasteiger charge is 2.36. The van der Waals surface area contributed by atoms with Gasteiger partial charge in [-0.3, -0.25) is 14.2 Å². The van der Waals surface area contributed by atoms with Crippen molar-refractivity contribution in [2.45, 2.75) is 19.5 Å². The molecule has 0 saturated carbocycles. The van der Waals surface area contributed by atoms with E-state index in [1.807, 2.05) is 55.5 Å². The Hall–Kier alpha value is -3.81. The van der Waals surface area contributed by atoms with E-state index in [0.29, 0.717) is 40.5 Å². The Balaban J connectivity index is 1.97. The Labute approximate surface area is 186 Å². The lowest BCUT2D eigenvalue weighted by Crippen LogP contribution is -2.45. The molecule has 1 aromatic heterocycles. The van der Waals surface area contributed by atoms with Crippen molar-refractivity contribution in [3.63, 3.8) is 0 Å². The number of amides is 1. The molecular formula is C24H26N4O4. The molecule has 32 heavy (non-hydrogen) atoms. The predicted octanol–water partition coefficient (Wildman–Crippen LogP) is 2.88. The molecule has 1 amide bonds. The molecule has 1 aliphatic heterocycles. The van der Waals surface area contributed by atoms with Crippen molar-refractivity contribution >= 4 is 22.5 Å². The molecule has 3 aromatic rings. The van der Waals surface area contributed by atoms with Gasteiger partial charge in [0.05, 0.1) is 31.7 Å². The minimum atomic E-state index is -0.703. The van der Waals surface area contributed by atoms with Gasteiger partial charge in [0, 0.05) is 26.4 Å². The van der Waals surface area contributed by atoms with Crippen LogP contribution < -0.4 is 15.0 Å². The first-order valence-electron chi connectivity index (χ1n) is 10.3. The molecule has 0 spiro atoms. The van der Waals surface area contributed by atoms with E-state index >= 15 is 0 Å². The number of rotatable bonds is 5. The molecule has 2 heterocycles. The van der Waals surface area contributed by atoms with Gasteiger partial charge in [0.15, 0.2) is 17.3 Å². The molecule has 0 fully saturated rings. The summed E-state index contributed by atoms with van der Waals surface area (Å²) in [7, 11) is 6.79. The Morgan fingerprint density at radius 2 is 1.72 bits per heavy atom. The number of carbonyl (C=O) groups is 1. The van der Waals surface area contributed by atoms with Crippen LogP contribution in [0.1, 0.15) is 24.4 Å². The molecular weight excluding hydrogens is 408 g/mol. The number of carbonyl (C=O) groups excluding carboxylic acids is 1. The first-order chi connectivity index (χ1) is 15.3. The van der Waals surface area contributed by atoms with Gasteiger partial charge in [0.1, 0.15) is 11.7 Å². The van der Waals surface area contributed by atoms with Crippen LogP contribution in [0.4, 0.5) is 0 Å². The molecule has 4 rings (SSSR count). The average Bonchev–Trinajstić information content (AvgIpc) is 2.79. The number of hydrogen-bond acceptors (Lipinski definition) is 6. The normalized spacial score (nSPS) is 16.9. The van der Waals surface area contributed by atoms with E-state index in [4.69, 9.17) is 14.5 Å². The molecule has 0 saturated heterocycles. The number of aromatic nitrogens is 2. The average molecular weight is 434 g/mol. The monoisotopic (exact) mass is 434 g/mol. The Morgan fingerprint density at radius 1 is 1.06 bits per heavy atom. The second-order valence-corrected chi connectivity index (χ2v) is 7.90. The zero-order chi connectivity index (χ0) is 23.0. The highest BCUT2D eigenvalue weighted by Crippen LogP contribution is 2.34. The summed E-state index contributed by atoms with van der Waals surface area (Å²) < 4.78 is 12.2. The second kappa shape index (κ2) is 8.37. The van der Waals surface area contributed by atoms with Crippen LogP contribution in [0, 0.1) is 0 Å². The van der Waals surface area contributed by atoms with E-state index < -0.39 is 6.04 Å². The quantitative estimate of drug-likeness (QED) is 0.615. The summed E-state index contributed by atoms with van der Waals surface area (Å²) in [5, 5.41) is 0.367. The summed E-state index contributed by atoms with van der Waals surface area (Å²) in [5.74, 6) is 1.18. The lowest BCUT2D eigenvalue weighted by atomic mass is 10.1. The first-order valence-corrected chi connectivity index (χ1v) is 10.3. The maximum Gasteiger partial charge on any atom is 0.262 e. The third kappa shape index (κ3) is 3.57. The number of fused-ring (bicyclic) bond motifs is 2. The molecule has 8 nitrogen and oxygen atoms in total. The molecule has 0 bridgehead atoms. The van der Waals surface area contributed by atoms with Crippen LogP contribution in [0.5, 0.6) is 11.5 Å². The number of ether oxygens (including phenoxy) is 2. The van der Waals surface area contributed by atoms with Crippen LogP contribution in [0.2, 0.25) is 0 Å². The van der Waals surface area contributed by atoms with E-state index in [1.54, 1.807) is 24.0 Å². The summed E-state index contributed by atoms with van der Waals surface area (Å²) in [4.78, 5) is 35.3. The molecule has 166 valence electrons. The van der Waals surface area contributed by atoms with Gasteiger partial charge in [-0.25, -0.2) is 4.98 Å². The molecule has 1 aliphatic rings. The van der Waals surface area contributed by atoms with Gasteiger partial charge in [-0.2, -0.15) is 0 Å². The smallest absolute Gasteiger partial charge is 0.262 e. The van der Waals surface area contributed by atoms with Crippen LogP contribution >= 0.6 is 0 Å². The van der Waals surface area contributed by atoms with E-state index in [9.17, 15) is 9.59 Å². The third-order valence-electron chi connectivity index (χ3n) is 5.50. The summed E-state index contributed by atoms with van der Waals surface area (Å²) in [6.07, 6.45) is 1.82. The zero-order valence-corrected chi connectivity index (χ0v) is 18.8. The lowest BCUT2D eigenvalue weighted by molar-refractivity contribution is -0.132. The van der Waals surface area contributed by atoms with Gasteiger partial charge < -0.3 is 19.3 Å². The largest absolute Gasteiger partial charge is 0.493 e. The van der Waals surface area contributed by atoms with Crippen LogP contribution in [-0.4, -0.2) is 53.6 Å². The first kappa shape index (κ1) is 21.4. The van der Waals surface area contributed by atoms with Crippen LogP contribution in [0.25, 0.3) is 16.6 Å². The molecule has 1 atom stereocenters. The lowest BCUT2D eigenvalue weighted by Gasteiger charge is -2.36. The molecule has 0 unspecified atom stereocenters. The van der Waals surface area contributed by atoms with Crippen molar-refractivity contribution in [1.82, 2.24) is 19.4 Å². The van der Waals surface area contributed by atoms with Crippen molar-refractivity contribution in [3.05, 3.63) is 70.4 Å². The fourth-order valence-electron chi connectivity index (χ4n) is 3.94. The number of nitrogens with zero attached hydrogens (tertiary/aromatic N) is 4. The summed E-state index contributed by atoms with van der Waals surface area (Å²) in [6.45, 7) is 2.11. The van der Waals surface area contributed by atoms with Gasteiger partial charge in [-0.05, 0) is 18.6 Å². The van der Waals surface area contributed by atoms with E-state index in [0.717, 1.165) is 5.56 Å². The Kier molecular flexibility index (Phi) is 5.61. The maximum absolute atomic E-state index is 13.5. The minimum Gasteiger partial charge on any atom is -0.493 e. The van der Waals surface area contributed by atoms with Crippen molar-refractivity contribution in [2.24, 2.45) is 0 Å². The Morgan fingerprint density at radius 3 is 2.34 bits per heavy atom. The Bertz CT molecular complexity index is 1260. The zero-order valence-electron chi connectivity index (χ0n) is 18.8. The fourth-order valence-corrected chi connectivity index (χ4v) is 3.94. The highest BCUT2D eigenvalue weighted by atomic mass is 16.5. The summed E-state index contributed by atoms with van der Waals surface area (Å²) in [5.41, 5.74) is 1.73. The topological polar surface area (TPSA) is 76.9 Å². The fraction of sp³-hybridized carbons (Fsp3) is 0.292. The minimum absolute atomic E-state index is 0.168. The van der Waals surface area contributed by atoms with Gasteiger partial charge in [-0.1, -0.05) is 30.3 Å². The van der Waals surface area contributed by atoms with E-state index in [1.165, 1.54) is 18.8 Å². The van der Waals surface area contributed by atoms with Crippen LogP contribution in [0.15, 0.2) is 53.5 Å². The maximum atomic E-state index is 13.5. The van der Waals surface area contributed by atoms with Gasteiger partial charge >= 0.3 is 0 Å². The molecule has 2 aromatic carbocycles. The number of methoxy groups -OCH3 is 2. The highest BCUT2D eigenvalue weighted by molar-refractivity contribution is 5.93. The van der Waals surface area contributed by atoms with Crippen molar-refractivity contribution in [1.29, 1.82) is 0 Å². The van der Waals surface area contributed by atoms with Crippen LogP contribution in [-0.2, 0) is 11.3 Å². The number of hydrogen-bond donors (Lipinski definition) is 0. The van der Waals surface area contributed by atoms with Crippen molar-refractivity contribution < 1.29 is 14.3 Å². The van der Waals surface area contributed by atoms with E-state index in [-0.39, 0.29) is 11.5 Å². The molecule has 0 aliphatic carbocycles. The summed E-state index contributed by atoms with van der Waals surface area (Å²) in [6, 6.07) is 12.3. The van der Waals surface area contributed by atoms with Gasteiger partial charge in [-0.15, -0.1) is 0 Å². The molecule has 8 heteroatoms. The third-order valence-corrected chi connectivity index (χ3v) is 5.50. The predicted molar refractivity (Wildman–Crippen MR) is 122 cm³/mol. The molecule has 0 radical (unpaired) electrons. The van der Waals surface area contributed by atoms with Crippen molar-refractivity contribution in [2.75, 3.05) is 28.3 Å². The standard InChI is InChI=1S/C24H26N4O4/c1-15-23(29)27(13-16-9-7-6-8-10-16)19(14-26(2)3)22-25-18-12-21(32-5)20(31-4)11-17(18)24(30)28(15)22/h6-12,14-15H,13H2,1-5H3/b19-14-/t15-/m0/s1. The SMILES string of the molecule is COc1cc2nc3n(c(=O)c2cc1OC)[C@@H](C)C(=O)N(Cc1ccccc1)/C3=C\N(C)C. The second-order valence-electron chi connectivity index (χ2n) is 7.90. The van der Waals surface area contributed by atoms with Gasteiger partial charge in [0.2, 0.25) is 5.91 Å².